The Morgan fingerprint density at radius 1 is 1.41 bits per heavy atom. The number of esters is 1. The highest BCUT2D eigenvalue weighted by atomic mass is 16.5. The number of aliphatic hydroxyl groups is 1. The molecule has 0 radical (unpaired) electrons. The van der Waals surface area contributed by atoms with Crippen LogP contribution in [0, 0.1) is 0 Å². The van der Waals surface area contributed by atoms with E-state index in [-0.39, 0.29) is 6.61 Å². The molecule has 0 aliphatic rings. The average Bonchev–Trinajstić information content (AvgIpc) is 2.50. The summed E-state index contributed by atoms with van der Waals surface area (Å²) >= 11 is 0. The molecule has 0 fully saturated rings. The highest BCUT2D eigenvalue weighted by Crippen LogP contribution is 2.33. The van der Waals surface area contributed by atoms with E-state index in [9.17, 15) is 9.90 Å². The van der Waals surface area contributed by atoms with Crippen molar-refractivity contribution in [3.63, 3.8) is 0 Å². The van der Waals surface area contributed by atoms with E-state index in [1.807, 2.05) is 55.4 Å². The second-order valence-electron chi connectivity index (χ2n) is 5.63. The van der Waals surface area contributed by atoms with Gasteiger partial charge in [0, 0.05) is 12.0 Å². The summed E-state index contributed by atoms with van der Waals surface area (Å²) < 4.78 is 5.03. The molecule has 0 amide bonds. The lowest BCUT2D eigenvalue weighted by atomic mass is 9.83. The molecule has 0 saturated heterocycles. The van der Waals surface area contributed by atoms with Crippen molar-refractivity contribution in [3.8, 4) is 0 Å². The highest BCUT2D eigenvalue weighted by molar-refractivity contribution is 5.86. The fourth-order valence-corrected chi connectivity index (χ4v) is 2.38. The van der Waals surface area contributed by atoms with E-state index in [4.69, 9.17) is 4.74 Å². The van der Waals surface area contributed by atoms with Gasteiger partial charge >= 0.3 is 5.97 Å². The zero-order chi connectivity index (χ0) is 16.8. The second kappa shape index (κ2) is 7.92. The van der Waals surface area contributed by atoms with Crippen molar-refractivity contribution in [2.45, 2.75) is 25.0 Å². The van der Waals surface area contributed by atoms with Crippen molar-refractivity contribution < 1.29 is 14.6 Å². The number of aliphatic hydroxyl groups excluding tert-OH is 1. The van der Waals surface area contributed by atoms with E-state index in [0.29, 0.717) is 12.0 Å². The van der Waals surface area contributed by atoms with Gasteiger partial charge in [-0.3, -0.25) is 4.90 Å². The van der Waals surface area contributed by atoms with Crippen molar-refractivity contribution in [2.75, 3.05) is 20.7 Å². The highest BCUT2D eigenvalue weighted by Gasteiger charge is 2.34. The van der Waals surface area contributed by atoms with E-state index >= 15 is 0 Å². The Morgan fingerprint density at radius 3 is 2.45 bits per heavy atom. The number of nitrogens with zero attached hydrogens (tertiary/aromatic N) is 1. The van der Waals surface area contributed by atoms with Crippen LogP contribution in [0.25, 0.3) is 0 Å². The monoisotopic (exact) mass is 303 g/mol. The molecule has 1 N–H and O–H groups in total. The van der Waals surface area contributed by atoms with Gasteiger partial charge in [0.25, 0.3) is 0 Å². The summed E-state index contributed by atoms with van der Waals surface area (Å²) in [5.41, 5.74) is 0.814. The molecular formula is C18H25NO3. The van der Waals surface area contributed by atoms with Crippen LogP contribution in [0.5, 0.6) is 0 Å². The van der Waals surface area contributed by atoms with Gasteiger partial charge in [-0.15, -0.1) is 6.58 Å². The predicted molar refractivity (Wildman–Crippen MR) is 88.4 cm³/mol. The Labute approximate surface area is 132 Å². The van der Waals surface area contributed by atoms with Gasteiger partial charge in [0.2, 0.25) is 0 Å². The predicted octanol–water partition coefficient (Wildman–Crippen LogP) is 2.50. The van der Waals surface area contributed by atoms with Gasteiger partial charge in [-0.25, -0.2) is 4.79 Å². The van der Waals surface area contributed by atoms with Gasteiger partial charge in [0.1, 0.15) is 6.61 Å². The molecule has 4 nitrogen and oxygen atoms in total. The zero-order valence-corrected chi connectivity index (χ0v) is 13.6. The molecule has 1 rings (SSSR count). The maximum Gasteiger partial charge on any atom is 0.333 e. The summed E-state index contributed by atoms with van der Waals surface area (Å²) in [4.78, 5) is 13.4. The standard InChI is InChI=1S/C18H25NO3/c1-6-18(19(4)5,15-10-8-7-9-11-15)12-16(20)13-22-17(21)14(2)3/h6-11,16,20H,1-2,12-13H2,3-5H3. The van der Waals surface area contributed by atoms with Crippen LogP contribution in [0.2, 0.25) is 0 Å². The molecule has 0 bridgehead atoms. The molecule has 2 atom stereocenters. The average molecular weight is 303 g/mol. The van der Waals surface area contributed by atoms with Gasteiger partial charge in [-0.1, -0.05) is 43.0 Å². The van der Waals surface area contributed by atoms with Crippen LogP contribution < -0.4 is 0 Å². The van der Waals surface area contributed by atoms with Crippen LogP contribution in [0.1, 0.15) is 18.9 Å². The Balaban J connectivity index is 2.89. The lowest BCUT2D eigenvalue weighted by Gasteiger charge is -2.39. The van der Waals surface area contributed by atoms with Crippen molar-refractivity contribution in [2.24, 2.45) is 0 Å². The number of carbonyl (C=O) groups excluding carboxylic acids is 1. The first-order valence-corrected chi connectivity index (χ1v) is 7.20. The zero-order valence-electron chi connectivity index (χ0n) is 13.6. The minimum absolute atomic E-state index is 0.0675. The van der Waals surface area contributed by atoms with E-state index < -0.39 is 17.6 Å². The van der Waals surface area contributed by atoms with Crippen LogP contribution >= 0.6 is 0 Å². The molecule has 0 saturated carbocycles. The summed E-state index contributed by atoms with van der Waals surface area (Å²) in [5, 5.41) is 10.3. The number of ether oxygens (including phenoxy) is 1. The molecule has 120 valence electrons. The third-order valence-corrected chi connectivity index (χ3v) is 3.71. The topological polar surface area (TPSA) is 49.8 Å². The number of benzene rings is 1. The first kappa shape index (κ1) is 18.1. The lowest BCUT2D eigenvalue weighted by molar-refractivity contribution is -0.142. The summed E-state index contributed by atoms with van der Waals surface area (Å²) in [7, 11) is 3.86. The van der Waals surface area contributed by atoms with Gasteiger partial charge < -0.3 is 9.84 Å². The Morgan fingerprint density at radius 2 is 2.00 bits per heavy atom. The molecule has 0 heterocycles. The van der Waals surface area contributed by atoms with Gasteiger partial charge in [-0.2, -0.15) is 0 Å². The second-order valence-corrected chi connectivity index (χ2v) is 5.63. The smallest absolute Gasteiger partial charge is 0.333 e. The first-order chi connectivity index (χ1) is 10.3. The number of hydrogen-bond donors (Lipinski definition) is 1. The third kappa shape index (κ3) is 4.29. The normalized spacial score (nSPS) is 15.0. The molecule has 0 spiro atoms. The van der Waals surface area contributed by atoms with Gasteiger partial charge in [0.05, 0.1) is 11.6 Å². The largest absolute Gasteiger partial charge is 0.460 e. The number of carbonyl (C=O) groups is 1. The Hall–Kier alpha value is -1.91. The first-order valence-electron chi connectivity index (χ1n) is 7.20. The van der Waals surface area contributed by atoms with Gasteiger partial charge in [0.15, 0.2) is 0 Å². The van der Waals surface area contributed by atoms with Crippen molar-refractivity contribution in [1.29, 1.82) is 0 Å². The summed E-state index contributed by atoms with van der Waals surface area (Å²) in [5.74, 6) is -0.493. The van der Waals surface area contributed by atoms with Crippen molar-refractivity contribution in [3.05, 3.63) is 60.7 Å². The van der Waals surface area contributed by atoms with E-state index in [0.717, 1.165) is 5.56 Å². The van der Waals surface area contributed by atoms with Crippen LogP contribution in [-0.2, 0) is 15.1 Å². The van der Waals surface area contributed by atoms with E-state index in [1.54, 1.807) is 6.92 Å². The third-order valence-electron chi connectivity index (χ3n) is 3.71. The summed E-state index contributed by atoms with van der Waals surface area (Å²) in [6.45, 7) is 8.96. The molecule has 4 heteroatoms. The minimum Gasteiger partial charge on any atom is -0.460 e. The molecular weight excluding hydrogens is 278 g/mol. The number of hydrogen-bond acceptors (Lipinski definition) is 4. The van der Waals surface area contributed by atoms with Crippen LogP contribution in [0.15, 0.2) is 55.1 Å². The molecule has 1 aromatic carbocycles. The molecule has 1 aromatic rings. The number of rotatable bonds is 8. The van der Waals surface area contributed by atoms with Crippen LogP contribution in [-0.4, -0.2) is 42.8 Å². The van der Waals surface area contributed by atoms with Crippen LogP contribution in [0.3, 0.4) is 0 Å². The molecule has 2 unspecified atom stereocenters. The molecule has 0 aliphatic carbocycles. The summed E-state index contributed by atoms with van der Waals surface area (Å²) in [6.07, 6.45) is 1.38. The maximum absolute atomic E-state index is 11.4. The van der Waals surface area contributed by atoms with E-state index in [2.05, 4.69) is 13.2 Å². The Kier molecular flexibility index (Phi) is 6.53. The van der Waals surface area contributed by atoms with Crippen LogP contribution in [0.4, 0.5) is 0 Å². The molecule has 22 heavy (non-hydrogen) atoms. The quantitative estimate of drug-likeness (QED) is 0.455. The van der Waals surface area contributed by atoms with Gasteiger partial charge in [-0.05, 0) is 26.6 Å². The summed E-state index contributed by atoms with van der Waals surface area (Å²) in [6, 6.07) is 9.83. The molecule has 0 aliphatic heterocycles. The van der Waals surface area contributed by atoms with E-state index in [1.165, 1.54) is 0 Å². The maximum atomic E-state index is 11.4. The SMILES string of the molecule is C=CC(CC(O)COC(=O)C(=C)C)(c1ccccc1)N(C)C. The number of likely N-dealkylation sites (N-methyl/N-ethyl adjacent to an activating group) is 1. The Bertz CT molecular complexity index is 524. The van der Waals surface area contributed by atoms with Crippen molar-refractivity contribution >= 4 is 5.97 Å². The minimum atomic E-state index is -0.802. The fourth-order valence-electron chi connectivity index (χ4n) is 2.38. The lowest BCUT2D eigenvalue weighted by Crippen LogP contribution is -2.43. The fraction of sp³-hybridized carbons (Fsp3) is 0.389. The molecule has 0 aromatic heterocycles. The van der Waals surface area contributed by atoms with Crippen molar-refractivity contribution in [1.82, 2.24) is 4.90 Å².